The molecule has 1 fully saturated rings. The number of nitrogens with two attached hydrogens (primary N) is 1. The van der Waals surface area contributed by atoms with Gasteiger partial charge >= 0.3 is 0 Å². The van der Waals surface area contributed by atoms with Crippen molar-refractivity contribution in [3.63, 3.8) is 0 Å². The number of likely N-dealkylation sites (tertiary alicyclic amines) is 1. The summed E-state index contributed by atoms with van der Waals surface area (Å²) in [6, 6.07) is 14.0. The van der Waals surface area contributed by atoms with E-state index in [1.165, 1.54) is 0 Å². The van der Waals surface area contributed by atoms with Gasteiger partial charge in [-0.1, -0.05) is 42.3 Å². The molecule has 2 aromatic rings. The van der Waals surface area contributed by atoms with E-state index >= 15 is 0 Å². The Kier molecular flexibility index (Phi) is 7.79. The first-order chi connectivity index (χ1) is 17.2. The second-order valence-corrected chi connectivity index (χ2v) is 10.3. The molecule has 2 N–H and O–H groups in total. The van der Waals surface area contributed by atoms with Gasteiger partial charge in [-0.05, 0) is 76.9 Å². The fourth-order valence-corrected chi connectivity index (χ4v) is 5.59. The van der Waals surface area contributed by atoms with Crippen LogP contribution >= 0.6 is 0 Å². The molecule has 2 aliphatic heterocycles. The highest BCUT2D eigenvalue weighted by atomic mass is 16.2. The minimum atomic E-state index is -0.253. The van der Waals surface area contributed by atoms with Crippen molar-refractivity contribution in [3.05, 3.63) is 59.2 Å². The van der Waals surface area contributed by atoms with Gasteiger partial charge in [-0.25, -0.2) is 0 Å². The van der Waals surface area contributed by atoms with Crippen LogP contribution in [0.3, 0.4) is 0 Å². The molecule has 3 amide bonds. The molecule has 0 spiro atoms. The minimum Gasteiger partial charge on any atom is -0.369 e. The molecule has 7 heteroatoms. The first kappa shape index (κ1) is 25.9. The van der Waals surface area contributed by atoms with Gasteiger partial charge in [-0.3, -0.25) is 19.3 Å². The molecule has 2 aliphatic rings. The maximum absolute atomic E-state index is 14.0. The van der Waals surface area contributed by atoms with E-state index in [1.54, 1.807) is 0 Å². The lowest BCUT2D eigenvalue weighted by atomic mass is 9.88. The first-order valence-electron chi connectivity index (χ1n) is 13.0. The van der Waals surface area contributed by atoms with E-state index in [1.807, 2.05) is 67.0 Å². The number of hydrogen-bond donors (Lipinski definition) is 1. The van der Waals surface area contributed by atoms with Gasteiger partial charge in [0, 0.05) is 29.8 Å². The van der Waals surface area contributed by atoms with Gasteiger partial charge in [0.05, 0.1) is 12.6 Å². The van der Waals surface area contributed by atoms with Crippen molar-refractivity contribution in [2.75, 3.05) is 29.4 Å². The SMILES string of the molecule is CCC(=O)N1c2ccc(C)cc2[C@H](N(C(=O)CN2CCC(C(N)=O)CC2)c2ccc(C)cc2)C[C@H]1C. The number of hydrogen-bond acceptors (Lipinski definition) is 4. The molecule has 2 aromatic carbocycles. The predicted molar refractivity (Wildman–Crippen MR) is 143 cm³/mol. The Labute approximate surface area is 214 Å². The van der Waals surface area contributed by atoms with Crippen LogP contribution in [0.15, 0.2) is 42.5 Å². The van der Waals surface area contributed by atoms with Crippen LogP contribution in [0.5, 0.6) is 0 Å². The number of piperidine rings is 1. The van der Waals surface area contributed by atoms with Gasteiger partial charge in [0.15, 0.2) is 0 Å². The van der Waals surface area contributed by atoms with E-state index in [-0.39, 0.29) is 42.3 Å². The Morgan fingerprint density at radius 3 is 2.25 bits per heavy atom. The average molecular weight is 491 g/mol. The Balaban J connectivity index is 1.70. The second-order valence-electron chi connectivity index (χ2n) is 10.3. The molecule has 1 saturated heterocycles. The molecule has 0 radical (unpaired) electrons. The highest BCUT2D eigenvalue weighted by molar-refractivity contribution is 5.98. The van der Waals surface area contributed by atoms with Crippen molar-refractivity contribution in [3.8, 4) is 0 Å². The third-order valence-electron chi connectivity index (χ3n) is 7.62. The van der Waals surface area contributed by atoms with E-state index in [4.69, 9.17) is 5.73 Å². The summed E-state index contributed by atoms with van der Waals surface area (Å²) < 4.78 is 0. The fourth-order valence-electron chi connectivity index (χ4n) is 5.59. The van der Waals surface area contributed by atoms with Crippen LogP contribution in [0, 0.1) is 19.8 Å². The topological polar surface area (TPSA) is 87.0 Å². The van der Waals surface area contributed by atoms with E-state index in [2.05, 4.69) is 17.9 Å². The highest BCUT2D eigenvalue weighted by Crippen LogP contribution is 2.43. The standard InChI is InChI=1S/C29H38N4O3/c1-5-27(34)32-21(4)17-26(24-16-20(3)8-11-25(24)32)33(23-9-6-19(2)7-10-23)28(35)18-31-14-12-22(13-15-31)29(30)36/h6-11,16,21-22,26H,5,12-15,17-18H2,1-4H3,(H2,30,36)/t21-,26-/m1/s1. The summed E-state index contributed by atoms with van der Waals surface area (Å²) in [6.07, 6.45) is 2.46. The van der Waals surface area contributed by atoms with Crippen LogP contribution in [0.25, 0.3) is 0 Å². The zero-order chi connectivity index (χ0) is 26.0. The quantitative estimate of drug-likeness (QED) is 0.660. The monoisotopic (exact) mass is 490 g/mol. The van der Waals surface area contributed by atoms with Crippen molar-refractivity contribution in [2.24, 2.45) is 11.7 Å². The van der Waals surface area contributed by atoms with Crippen molar-refractivity contribution < 1.29 is 14.4 Å². The summed E-state index contributed by atoms with van der Waals surface area (Å²) in [4.78, 5) is 44.4. The molecule has 0 aromatic heterocycles. The van der Waals surface area contributed by atoms with Gasteiger partial charge in [0.2, 0.25) is 17.7 Å². The highest BCUT2D eigenvalue weighted by Gasteiger charge is 2.39. The summed E-state index contributed by atoms with van der Waals surface area (Å²) in [5, 5.41) is 0. The van der Waals surface area contributed by atoms with E-state index in [9.17, 15) is 14.4 Å². The Bertz CT molecular complexity index is 1120. The lowest BCUT2D eigenvalue weighted by Crippen LogP contribution is -2.50. The number of anilines is 2. The maximum Gasteiger partial charge on any atom is 0.241 e. The Morgan fingerprint density at radius 2 is 1.64 bits per heavy atom. The summed E-state index contributed by atoms with van der Waals surface area (Å²) >= 11 is 0. The van der Waals surface area contributed by atoms with Gasteiger partial charge in [0.25, 0.3) is 0 Å². The zero-order valence-corrected chi connectivity index (χ0v) is 21.9. The average Bonchev–Trinajstić information content (AvgIpc) is 2.85. The van der Waals surface area contributed by atoms with Gasteiger partial charge in [-0.15, -0.1) is 0 Å². The van der Waals surface area contributed by atoms with Gasteiger partial charge in [-0.2, -0.15) is 0 Å². The van der Waals surface area contributed by atoms with Crippen molar-refractivity contribution in [1.29, 1.82) is 0 Å². The maximum atomic E-state index is 14.0. The largest absolute Gasteiger partial charge is 0.369 e. The third kappa shape index (κ3) is 5.31. The Hall–Kier alpha value is -3.19. The van der Waals surface area contributed by atoms with Crippen molar-refractivity contribution in [1.82, 2.24) is 4.90 Å². The molecule has 4 rings (SSSR count). The molecular formula is C29H38N4O3. The zero-order valence-electron chi connectivity index (χ0n) is 21.9. The number of amides is 3. The van der Waals surface area contributed by atoms with E-state index < -0.39 is 0 Å². The van der Waals surface area contributed by atoms with Crippen LogP contribution in [-0.2, 0) is 14.4 Å². The van der Waals surface area contributed by atoms with Crippen LogP contribution in [0.4, 0.5) is 11.4 Å². The van der Waals surface area contributed by atoms with Crippen LogP contribution in [0.1, 0.15) is 62.3 Å². The number of fused-ring (bicyclic) bond motifs is 1. The molecule has 0 bridgehead atoms. The summed E-state index contributed by atoms with van der Waals surface area (Å²) in [5.74, 6) is -0.245. The van der Waals surface area contributed by atoms with Crippen molar-refractivity contribution in [2.45, 2.75) is 65.5 Å². The number of benzene rings is 2. The number of rotatable bonds is 6. The lowest BCUT2D eigenvalue weighted by Gasteiger charge is -2.44. The lowest BCUT2D eigenvalue weighted by molar-refractivity contribution is -0.123. The molecule has 2 heterocycles. The summed E-state index contributed by atoms with van der Waals surface area (Å²) in [7, 11) is 0. The number of carbonyl (C=O) groups is 3. The molecule has 7 nitrogen and oxygen atoms in total. The minimum absolute atomic E-state index is 0.0244. The van der Waals surface area contributed by atoms with Crippen LogP contribution < -0.4 is 15.5 Å². The number of carbonyl (C=O) groups excluding carboxylic acids is 3. The number of primary amides is 1. The van der Waals surface area contributed by atoms with E-state index in [0.717, 1.165) is 28.1 Å². The molecule has 36 heavy (non-hydrogen) atoms. The smallest absolute Gasteiger partial charge is 0.241 e. The normalized spacial score (nSPS) is 20.6. The molecule has 0 aliphatic carbocycles. The fraction of sp³-hybridized carbons (Fsp3) is 0.483. The molecule has 192 valence electrons. The third-order valence-corrected chi connectivity index (χ3v) is 7.62. The predicted octanol–water partition coefficient (Wildman–Crippen LogP) is 4.11. The second kappa shape index (κ2) is 10.8. The first-order valence-corrected chi connectivity index (χ1v) is 13.0. The van der Waals surface area contributed by atoms with Crippen molar-refractivity contribution >= 4 is 29.1 Å². The molecular weight excluding hydrogens is 452 g/mol. The Morgan fingerprint density at radius 1 is 1.00 bits per heavy atom. The van der Waals surface area contributed by atoms with E-state index in [0.29, 0.717) is 38.8 Å². The molecule has 2 atom stereocenters. The number of aryl methyl sites for hydroxylation is 2. The molecule has 0 saturated carbocycles. The summed E-state index contributed by atoms with van der Waals surface area (Å²) in [6.45, 7) is 9.67. The van der Waals surface area contributed by atoms with Crippen LogP contribution in [-0.4, -0.2) is 48.3 Å². The van der Waals surface area contributed by atoms with Gasteiger partial charge < -0.3 is 15.5 Å². The summed E-state index contributed by atoms with van der Waals surface area (Å²) in [5.41, 5.74) is 10.5. The number of nitrogens with zero attached hydrogens (tertiary/aromatic N) is 3. The van der Waals surface area contributed by atoms with Crippen LogP contribution in [0.2, 0.25) is 0 Å². The molecule has 0 unspecified atom stereocenters. The van der Waals surface area contributed by atoms with Gasteiger partial charge in [0.1, 0.15) is 0 Å².